The van der Waals surface area contributed by atoms with E-state index in [0.29, 0.717) is 11.3 Å². The highest BCUT2D eigenvalue weighted by Crippen LogP contribution is 2.29. The Morgan fingerprint density at radius 3 is 2.50 bits per heavy atom. The minimum Gasteiger partial charge on any atom is -0.496 e. The van der Waals surface area contributed by atoms with E-state index in [9.17, 15) is 18.8 Å². The highest BCUT2D eigenvalue weighted by Gasteiger charge is 2.33. The summed E-state index contributed by atoms with van der Waals surface area (Å²) in [6.45, 7) is -0.729. The van der Waals surface area contributed by atoms with Crippen molar-refractivity contribution in [2.75, 3.05) is 20.3 Å². The molecule has 0 spiro atoms. The van der Waals surface area contributed by atoms with Crippen molar-refractivity contribution < 1.29 is 28.2 Å². The van der Waals surface area contributed by atoms with E-state index in [1.54, 1.807) is 42.5 Å². The van der Waals surface area contributed by atoms with E-state index in [1.807, 2.05) is 0 Å². The lowest BCUT2D eigenvalue weighted by Gasteiger charge is -2.22. The Labute approximate surface area is 173 Å². The first-order valence-electron chi connectivity index (χ1n) is 9.59. The lowest BCUT2D eigenvalue weighted by atomic mass is 10.2. The Hall–Kier alpha value is -3.42. The third-order valence-corrected chi connectivity index (χ3v) is 4.71. The third kappa shape index (κ3) is 5.56. The molecular formula is C22H23FN2O5. The van der Waals surface area contributed by atoms with E-state index in [0.717, 1.165) is 12.8 Å². The molecule has 0 atom stereocenters. The van der Waals surface area contributed by atoms with Gasteiger partial charge in [0.2, 0.25) is 0 Å². The van der Waals surface area contributed by atoms with E-state index in [1.165, 1.54) is 18.1 Å². The van der Waals surface area contributed by atoms with Gasteiger partial charge in [-0.25, -0.2) is 4.39 Å². The van der Waals surface area contributed by atoms with Crippen molar-refractivity contribution in [3.63, 3.8) is 0 Å². The summed E-state index contributed by atoms with van der Waals surface area (Å²) in [4.78, 5) is 38.2. The molecule has 0 unspecified atom stereocenters. The van der Waals surface area contributed by atoms with Crippen LogP contribution in [0.2, 0.25) is 0 Å². The first-order valence-corrected chi connectivity index (χ1v) is 9.59. The summed E-state index contributed by atoms with van der Waals surface area (Å²) < 4.78 is 24.0. The summed E-state index contributed by atoms with van der Waals surface area (Å²) in [6, 6.07) is 12.9. The van der Waals surface area contributed by atoms with Crippen LogP contribution >= 0.6 is 0 Å². The third-order valence-electron chi connectivity index (χ3n) is 4.71. The quantitative estimate of drug-likeness (QED) is 0.637. The van der Waals surface area contributed by atoms with Crippen molar-refractivity contribution in [3.8, 4) is 5.75 Å². The summed E-state index contributed by atoms with van der Waals surface area (Å²) in [5.74, 6) is -1.63. The molecule has 2 aromatic carbocycles. The van der Waals surface area contributed by atoms with E-state index >= 15 is 0 Å². The predicted molar refractivity (Wildman–Crippen MR) is 106 cm³/mol. The van der Waals surface area contributed by atoms with Crippen LogP contribution in [0.15, 0.2) is 48.5 Å². The molecule has 30 heavy (non-hydrogen) atoms. The normalized spacial score (nSPS) is 12.7. The van der Waals surface area contributed by atoms with Gasteiger partial charge in [-0.05, 0) is 31.0 Å². The number of nitrogens with zero attached hydrogens (tertiary/aromatic N) is 1. The van der Waals surface area contributed by atoms with Crippen LogP contribution in [0.5, 0.6) is 5.75 Å². The lowest BCUT2D eigenvalue weighted by Crippen LogP contribution is -2.37. The zero-order valence-corrected chi connectivity index (χ0v) is 16.6. The van der Waals surface area contributed by atoms with Crippen molar-refractivity contribution in [2.45, 2.75) is 25.4 Å². The van der Waals surface area contributed by atoms with Crippen molar-refractivity contribution in [2.24, 2.45) is 0 Å². The Bertz CT molecular complexity index is 929. The molecule has 3 rings (SSSR count). The smallest absolute Gasteiger partial charge is 0.325 e. The fraction of sp³-hybridized carbons (Fsp3) is 0.318. The Balaban J connectivity index is 1.49. The fourth-order valence-electron chi connectivity index (χ4n) is 2.97. The van der Waals surface area contributed by atoms with Gasteiger partial charge in [-0.15, -0.1) is 0 Å². The van der Waals surface area contributed by atoms with Crippen LogP contribution < -0.4 is 10.1 Å². The molecule has 0 aliphatic heterocycles. The highest BCUT2D eigenvalue weighted by atomic mass is 19.1. The molecule has 0 saturated heterocycles. The van der Waals surface area contributed by atoms with Gasteiger partial charge in [-0.1, -0.05) is 30.3 Å². The Morgan fingerprint density at radius 2 is 1.80 bits per heavy atom. The number of esters is 1. The zero-order chi connectivity index (χ0) is 21.5. The van der Waals surface area contributed by atoms with Crippen LogP contribution in [0, 0.1) is 5.82 Å². The summed E-state index contributed by atoms with van der Waals surface area (Å²) in [6.07, 6.45) is 1.67. The summed E-state index contributed by atoms with van der Waals surface area (Å²) in [5, 5.41) is 2.44. The number of para-hydroxylation sites is 1. The second kappa shape index (κ2) is 9.87. The summed E-state index contributed by atoms with van der Waals surface area (Å²) in [7, 11) is 1.44. The topological polar surface area (TPSA) is 84.9 Å². The molecule has 1 aliphatic carbocycles. The number of rotatable bonds is 9. The number of nitrogens with one attached hydrogen (secondary N) is 1. The van der Waals surface area contributed by atoms with Gasteiger partial charge in [0.1, 0.15) is 18.1 Å². The Morgan fingerprint density at radius 1 is 1.10 bits per heavy atom. The van der Waals surface area contributed by atoms with Gasteiger partial charge in [-0.3, -0.25) is 14.4 Å². The summed E-state index contributed by atoms with van der Waals surface area (Å²) >= 11 is 0. The van der Waals surface area contributed by atoms with Gasteiger partial charge in [-0.2, -0.15) is 0 Å². The molecule has 158 valence electrons. The number of carbonyl (C=O) groups excluding carboxylic acids is 3. The highest BCUT2D eigenvalue weighted by molar-refractivity contribution is 5.98. The van der Waals surface area contributed by atoms with Crippen LogP contribution in [-0.2, 0) is 20.9 Å². The molecule has 2 aromatic rings. The van der Waals surface area contributed by atoms with Gasteiger partial charge in [0.05, 0.1) is 12.7 Å². The van der Waals surface area contributed by atoms with Gasteiger partial charge in [0.15, 0.2) is 6.61 Å². The molecule has 0 aromatic heterocycles. The number of carbonyl (C=O) groups is 3. The SMILES string of the molecule is COc1ccccc1C(=O)NCC(=O)OCC(=O)N(Cc1ccccc1F)C1CC1. The fourth-order valence-corrected chi connectivity index (χ4v) is 2.97. The monoisotopic (exact) mass is 414 g/mol. The molecule has 0 bridgehead atoms. The minimum atomic E-state index is -0.742. The molecule has 0 heterocycles. The molecule has 1 N–H and O–H groups in total. The van der Waals surface area contributed by atoms with Gasteiger partial charge in [0.25, 0.3) is 11.8 Å². The number of methoxy groups -OCH3 is 1. The van der Waals surface area contributed by atoms with Gasteiger partial charge in [0, 0.05) is 18.2 Å². The molecule has 8 heteroatoms. The molecular weight excluding hydrogens is 391 g/mol. The molecule has 1 saturated carbocycles. The van der Waals surface area contributed by atoms with Gasteiger partial charge < -0.3 is 19.7 Å². The van der Waals surface area contributed by atoms with Crippen molar-refractivity contribution in [1.82, 2.24) is 10.2 Å². The number of hydrogen-bond acceptors (Lipinski definition) is 5. The standard InChI is InChI=1S/C22H23FN2O5/c1-29-19-9-5-3-7-17(19)22(28)24-12-21(27)30-14-20(26)25(16-10-11-16)13-15-6-2-4-8-18(15)23/h2-9,16H,10-14H2,1H3,(H,24,28). The van der Waals surface area contributed by atoms with E-state index in [2.05, 4.69) is 5.32 Å². The maximum absolute atomic E-state index is 13.9. The number of benzene rings is 2. The maximum atomic E-state index is 13.9. The number of halogens is 1. The average Bonchev–Trinajstić information content (AvgIpc) is 3.60. The zero-order valence-electron chi connectivity index (χ0n) is 16.6. The van der Waals surface area contributed by atoms with Crippen LogP contribution in [0.1, 0.15) is 28.8 Å². The number of amides is 2. The first kappa shape index (κ1) is 21.3. The molecule has 1 fully saturated rings. The van der Waals surface area contributed by atoms with Crippen LogP contribution in [0.3, 0.4) is 0 Å². The molecule has 1 aliphatic rings. The van der Waals surface area contributed by atoms with Crippen LogP contribution in [-0.4, -0.2) is 49.0 Å². The van der Waals surface area contributed by atoms with Crippen molar-refractivity contribution in [3.05, 3.63) is 65.5 Å². The number of ether oxygens (including phenoxy) is 2. The molecule has 2 amide bonds. The Kier molecular flexibility index (Phi) is 7.00. The van der Waals surface area contributed by atoms with Gasteiger partial charge >= 0.3 is 5.97 Å². The van der Waals surface area contributed by atoms with Crippen molar-refractivity contribution >= 4 is 17.8 Å². The second-order valence-electron chi connectivity index (χ2n) is 6.89. The maximum Gasteiger partial charge on any atom is 0.325 e. The van der Waals surface area contributed by atoms with E-state index in [-0.39, 0.29) is 30.5 Å². The first-order chi connectivity index (χ1) is 14.5. The largest absolute Gasteiger partial charge is 0.496 e. The second-order valence-corrected chi connectivity index (χ2v) is 6.89. The van der Waals surface area contributed by atoms with Crippen molar-refractivity contribution in [1.29, 1.82) is 0 Å². The van der Waals surface area contributed by atoms with Crippen LogP contribution in [0.4, 0.5) is 4.39 Å². The minimum absolute atomic E-state index is 0.0288. The average molecular weight is 414 g/mol. The summed E-state index contributed by atoms with van der Waals surface area (Å²) in [5.41, 5.74) is 0.696. The van der Waals surface area contributed by atoms with E-state index < -0.39 is 24.4 Å². The number of hydrogen-bond donors (Lipinski definition) is 1. The lowest BCUT2D eigenvalue weighted by molar-refractivity contribution is -0.151. The van der Waals surface area contributed by atoms with Crippen LogP contribution in [0.25, 0.3) is 0 Å². The predicted octanol–water partition coefficient (Wildman–Crippen LogP) is 2.30. The molecule has 0 radical (unpaired) electrons. The molecule has 7 nitrogen and oxygen atoms in total. The van der Waals surface area contributed by atoms with E-state index in [4.69, 9.17) is 9.47 Å².